The van der Waals surface area contributed by atoms with Gasteiger partial charge in [-0.05, 0) is 37.5 Å². The number of ether oxygens (including phenoxy) is 1. The Morgan fingerprint density at radius 3 is 2.65 bits per heavy atom. The minimum Gasteiger partial charge on any atom is -0.460 e. The normalized spacial score (nSPS) is 34.5. The van der Waals surface area contributed by atoms with Crippen LogP contribution in [-0.2, 0) is 6.61 Å². The number of aryl methyl sites for hydroxylation is 1. The highest BCUT2D eigenvalue weighted by Gasteiger charge is 2.62. The van der Waals surface area contributed by atoms with Crippen molar-refractivity contribution in [2.24, 2.45) is 16.7 Å². The highest BCUT2D eigenvalue weighted by molar-refractivity contribution is 5.18. The van der Waals surface area contributed by atoms with Crippen LogP contribution in [0.5, 0.6) is 6.01 Å². The van der Waals surface area contributed by atoms with E-state index in [0.717, 1.165) is 23.6 Å². The van der Waals surface area contributed by atoms with E-state index < -0.39 is 0 Å². The van der Waals surface area contributed by atoms with Crippen LogP contribution in [0.2, 0.25) is 0 Å². The van der Waals surface area contributed by atoms with Gasteiger partial charge in [0.05, 0.1) is 12.3 Å². The molecule has 1 aromatic rings. The average molecular weight is 276 g/mol. The zero-order valence-corrected chi connectivity index (χ0v) is 12.8. The van der Waals surface area contributed by atoms with Crippen LogP contribution in [0.1, 0.15) is 51.3 Å². The van der Waals surface area contributed by atoms with Crippen molar-refractivity contribution in [2.75, 3.05) is 0 Å². The molecular weight excluding hydrogens is 252 g/mol. The molecule has 2 aliphatic carbocycles. The fourth-order valence-corrected chi connectivity index (χ4v) is 4.12. The minimum atomic E-state index is -0.0254. The van der Waals surface area contributed by atoms with E-state index in [1.54, 1.807) is 6.20 Å². The zero-order valence-electron chi connectivity index (χ0n) is 12.8. The summed E-state index contributed by atoms with van der Waals surface area (Å²) in [7, 11) is 0. The number of rotatable bonds is 3. The lowest BCUT2D eigenvalue weighted by atomic mass is 9.70. The van der Waals surface area contributed by atoms with E-state index in [2.05, 4.69) is 30.7 Å². The monoisotopic (exact) mass is 276 g/mol. The first-order chi connectivity index (χ1) is 9.38. The predicted molar refractivity (Wildman–Crippen MR) is 76.3 cm³/mol. The molecule has 2 saturated carbocycles. The van der Waals surface area contributed by atoms with E-state index in [0.29, 0.717) is 11.4 Å². The molecule has 3 rings (SSSR count). The van der Waals surface area contributed by atoms with Crippen LogP contribution in [-0.4, -0.2) is 21.2 Å². The summed E-state index contributed by atoms with van der Waals surface area (Å²) < 4.78 is 6.12. The van der Waals surface area contributed by atoms with E-state index in [9.17, 15) is 0 Å². The lowest BCUT2D eigenvalue weighted by Crippen LogP contribution is -2.39. The molecule has 1 N–H and O–H groups in total. The van der Waals surface area contributed by atoms with Crippen molar-refractivity contribution in [2.45, 2.75) is 59.7 Å². The quantitative estimate of drug-likeness (QED) is 0.922. The third-order valence-electron chi connectivity index (χ3n) is 6.19. The number of aliphatic hydroxyl groups is 1. The van der Waals surface area contributed by atoms with Gasteiger partial charge in [-0.2, -0.15) is 0 Å². The first kappa shape index (κ1) is 13.8. The van der Waals surface area contributed by atoms with Gasteiger partial charge in [0.15, 0.2) is 0 Å². The van der Waals surface area contributed by atoms with Gasteiger partial charge in [-0.15, -0.1) is 0 Å². The van der Waals surface area contributed by atoms with Gasteiger partial charge in [-0.3, -0.25) is 0 Å². The molecule has 3 atom stereocenters. The first-order valence-electron chi connectivity index (χ1n) is 7.48. The third kappa shape index (κ3) is 1.77. The molecule has 4 heteroatoms. The average Bonchev–Trinajstić information content (AvgIpc) is 2.72. The molecule has 1 heterocycles. The number of nitrogens with zero attached hydrogens (tertiary/aromatic N) is 2. The highest BCUT2D eigenvalue weighted by atomic mass is 16.5. The van der Waals surface area contributed by atoms with Crippen molar-refractivity contribution in [3.8, 4) is 6.01 Å². The SMILES string of the molecule is Cc1nc(OC2CC3CCC2(C)C3(C)C)ncc1CO. The Morgan fingerprint density at radius 2 is 2.15 bits per heavy atom. The molecule has 4 nitrogen and oxygen atoms in total. The summed E-state index contributed by atoms with van der Waals surface area (Å²) in [5.74, 6) is 0.746. The van der Waals surface area contributed by atoms with Gasteiger partial charge in [0.2, 0.25) is 0 Å². The maximum absolute atomic E-state index is 9.17. The molecule has 110 valence electrons. The lowest BCUT2D eigenvalue weighted by Gasteiger charge is -2.38. The fourth-order valence-electron chi connectivity index (χ4n) is 4.12. The smallest absolute Gasteiger partial charge is 0.316 e. The number of hydrogen-bond donors (Lipinski definition) is 1. The van der Waals surface area contributed by atoms with Gasteiger partial charge in [0, 0.05) is 17.2 Å². The second-order valence-corrected chi connectivity index (χ2v) is 7.14. The van der Waals surface area contributed by atoms with Crippen molar-refractivity contribution in [1.29, 1.82) is 0 Å². The molecule has 2 aliphatic rings. The summed E-state index contributed by atoms with van der Waals surface area (Å²) in [6, 6.07) is 0.453. The van der Waals surface area contributed by atoms with Crippen LogP contribution in [0.25, 0.3) is 0 Å². The van der Waals surface area contributed by atoms with Gasteiger partial charge >= 0.3 is 6.01 Å². The Balaban J connectivity index is 1.81. The van der Waals surface area contributed by atoms with Crippen molar-refractivity contribution >= 4 is 0 Å². The maximum Gasteiger partial charge on any atom is 0.316 e. The van der Waals surface area contributed by atoms with E-state index in [4.69, 9.17) is 9.84 Å². The molecular formula is C16H24N2O2. The van der Waals surface area contributed by atoms with Gasteiger partial charge in [-0.1, -0.05) is 20.8 Å². The molecule has 0 spiro atoms. The Morgan fingerprint density at radius 1 is 1.40 bits per heavy atom. The van der Waals surface area contributed by atoms with Crippen molar-refractivity contribution < 1.29 is 9.84 Å². The van der Waals surface area contributed by atoms with Crippen LogP contribution in [0.4, 0.5) is 0 Å². The predicted octanol–water partition coefficient (Wildman–Crippen LogP) is 2.87. The molecule has 0 amide bonds. The van der Waals surface area contributed by atoms with E-state index in [1.807, 2.05) is 6.92 Å². The molecule has 0 aromatic carbocycles. The molecule has 20 heavy (non-hydrogen) atoms. The molecule has 2 bridgehead atoms. The largest absolute Gasteiger partial charge is 0.460 e. The first-order valence-corrected chi connectivity index (χ1v) is 7.48. The molecule has 2 fully saturated rings. The molecule has 0 saturated heterocycles. The van der Waals surface area contributed by atoms with Gasteiger partial charge in [0.25, 0.3) is 0 Å². The van der Waals surface area contributed by atoms with Crippen LogP contribution in [0, 0.1) is 23.7 Å². The number of fused-ring (bicyclic) bond motifs is 2. The summed E-state index contributed by atoms with van der Waals surface area (Å²) >= 11 is 0. The van der Waals surface area contributed by atoms with Crippen LogP contribution in [0.15, 0.2) is 6.20 Å². The summed E-state index contributed by atoms with van der Waals surface area (Å²) in [6.45, 7) is 8.94. The van der Waals surface area contributed by atoms with E-state index in [1.165, 1.54) is 12.8 Å². The standard InChI is InChI=1S/C16H24N2O2/c1-10-11(9-19)8-17-14(18-10)20-13-7-12-5-6-16(13,4)15(12,2)3/h8,12-13,19H,5-7,9H2,1-4H3. The Labute approximate surface area is 120 Å². The van der Waals surface area contributed by atoms with Crippen molar-refractivity contribution in [3.63, 3.8) is 0 Å². The van der Waals surface area contributed by atoms with Gasteiger partial charge in [0.1, 0.15) is 6.10 Å². The zero-order chi connectivity index (χ0) is 14.5. The number of aliphatic hydroxyl groups excluding tert-OH is 1. The van der Waals surface area contributed by atoms with Gasteiger partial charge in [-0.25, -0.2) is 9.97 Å². The van der Waals surface area contributed by atoms with E-state index >= 15 is 0 Å². The number of aromatic nitrogens is 2. The number of hydrogen-bond acceptors (Lipinski definition) is 4. The van der Waals surface area contributed by atoms with Crippen LogP contribution >= 0.6 is 0 Å². The van der Waals surface area contributed by atoms with E-state index in [-0.39, 0.29) is 18.1 Å². The summed E-state index contributed by atoms with van der Waals surface area (Å²) in [5.41, 5.74) is 2.10. The lowest BCUT2D eigenvalue weighted by molar-refractivity contribution is 0.0240. The fraction of sp³-hybridized carbons (Fsp3) is 0.750. The van der Waals surface area contributed by atoms with Crippen molar-refractivity contribution in [3.05, 3.63) is 17.5 Å². The summed E-state index contributed by atoms with van der Waals surface area (Å²) in [6.07, 6.45) is 5.51. The summed E-state index contributed by atoms with van der Waals surface area (Å²) in [4.78, 5) is 8.62. The summed E-state index contributed by atoms with van der Waals surface area (Å²) in [5, 5.41) is 9.17. The molecule has 0 aliphatic heterocycles. The third-order valence-corrected chi connectivity index (χ3v) is 6.19. The second-order valence-electron chi connectivity index (χ2n) is 7.14. The van der Waals surface area contributed by atoms with Crippen molar-refractivity contribution in [1.82, 2.24) is 9.97 Å². The van der Waals surface area contributed by atoms with Crippen LogP contribution in [0.3, 0.4) is 0 Å². The maximum atomic E-state index is 9.17. The highest BCUT2D eigenvalue weighted by Crippen LogP contribution is 2.65. The van der Waals surface area contributed by atoms with Crippen LogP contribution < -0.4 is 4.74 Å². The molecule has 3 unspecified atom stereocenters. The second kappa shape index (κ2) is 4.42. The Hall–Kier alpha value is -1.16. The minimum absolute atomic E-state index is 0.0254. The molecule has 1 aromatic heterocycles. The Bertz CT molecular complexity index is 529. The topological polar surface area (TPSA) is 55.2 Å². The molecule has 0 radical (unpaired) electrons. The van der Waals surface area contributed by atoms with Gasteiger partial charge < -0.3 is 9.84 Å². The Kier molecular flexibility index (Phi) is 3.05.